The Morgan fingerprint density at radius 3 is 2.92 bits per heavy atom. The van der Waals surface area contributed by atoms with Crippen molar-refractivity contribution < 1.29 is 19.1 Å². The van der Waals surface area contributed by atoms with Gasteiger partial charge < -0.3 is 4.74 Å². The Kier molecular flexibility index (Phi) is 5.01. The summed E-state index contributed by atoms with van der Waals surface area (Å²) in [7, 11) is 0. The molecule has 1 aromatic rings. The number of esters is 1. The minimum absolute atomic E-state index is 0.175. The molecule has 1 amide bonds. The normalized spacial score (nSPS) is 21.1. The number of amides is 1. The Morgan fingerprint density at radius 1 is 1.38 bits per heavy atom. The number of anilines is 1. The van der Waals surface area contributed by atoms with E-state index in [2.05, 4.69) is 15.9 Å². The van der Waals surface area contributed by atoms with Crippen molar-refractivity contribution in [2.45, 2.75) is 19.8 Å². The smallest absolute Gasteiger partial charge is 0.310 e. The minimum atomic E-state index is -0.518. The Balaban J connectivity index is 1.76. The van der Waals surface area contributed by atoms with Gasteiger partial charge >= 0.3 is 11.9 Å². The monoisotopic (exact) mass is 394 g/mol. The van der Waals surface area contributed by atoms with Gasteiger partial charge in [-0.2, -0.15) is 0 Å². The molecule has 0 radical (unpaired) electrons. The van der Waals surface area contributed by atoms with Crippen molar-refractivity contribution in [3.8, 4) is 0 Å². The predicted molar refractivity (Wildman–Crippen MR) is 91.8 cm³/mol. The topological polar surface area (TPSA) is 66.9 Å². The molecule has 1 saturated heterocycles. The highest BCUT2D eigenvalue weighted by Crippen LogP contribution is 2.36. The molecule has 6 nitrogen and oxygen atoms in total. The van der Waals surface area contributed by atoms with Gasteiger partial charge in [-0.15, -0.1) is 0 Å². The summed E-state index contributed by atoms with van der Waals surface area (Å²) in [5.41, 5.74) is 1.04. The quantitative estimate of drug-likeness (QED) is 0.578. The second-order valence-electron chi connectivity index (χ2n) is 6.01. The number of hydrogen-bond acceptors (Lipinski definition) is 5. The Bertz CT molecular complexity index is 691. The number of rotatable bonds is 4. The minimum Gasteiger partial charge on any atom is -0.466 e. The summed E-state index contributed by atoms with van der Waals surface area (Å²) in [6, 6.07) is 5.22. The van der Waals surface area contributed by atoms with E-state index in [1.165, 1.54) is 4.90 Å². The lowest BCUT2D eigenvalue weighted by atomic mass is 9.98. The molecule has 0 spiro atoms. The van der Waals surface area contributed by atoms with Gasteiger partial charge in [0.2, 0.25) is 0 Å². The van der Waals surface area contributed by atoms with E-state index in [1.54, 1.807) is 19.1 Å². The average molecular weight is 395 g/mol. The Labute approximate surface area is 148 Å². The number of carbonyl (C=O) groups is 3. The van der Waals surface area contributed by atoms with E-state index < -0.39 is 11.7 Å². The molecule has 0 unspecified atom stereocenters. The van der Waals surface area contributed by atoms with Crippen molar-refractivity contribution in [1.82, 2.24) is 4.90 Å². The number of ether oxygens (including phenoxy) is 1. The van der Waals surface area contributed by atoms with E-state index in [0.717, 1.165) is 23.9 Å². The van der Waals surface area contributed by atoms with Crippen molar-refractivity contribution in [3.63, 3.8) is 0 Å². The van der Waals surface area contributed by atoms with Crippen LogP contribution in [0.2, 0.25) is 0 Å². The van der Waals surface area contributed by atoms with Crippen LogP contribution in [0.4, 0.5) is 5.69 Å². The summed E-state index contributed by atoms with van der Waals surface area (Å²) in [6.07, 6.45) is 1.66. The molecule has 128 valence electrons. The third-order valence-corrected chi connectivity index (χ3v) is 5.05. The van der Waals surface area contributed by atoms with Crippen LogP contribution >= 0.6 is 15.9 Å². The van der Waals surface area contributed by atoms with Crippen molar-refractivity contribution >= 4 is 39.3 Å². The highest BCUT2D eigenvalue weighted by atomic mass is 79.9. The lowest BCUT2D eigenvalue weighted by Crippen LogP contribution is -2.47. The lowest BCUT2D eigenvalue weighted by molar-refractivity contribution is -0.149. The number of hydrogen-bond donors (Lipinski definition) is 0. The maximum atomic E-state index is 12.3. The van der Waals surface area contributed by atoms with Gasteiger partial charge in [0.05, 0.1) is 30.4 Å². The van der Waals surface area contributed by atoms with Crippen LogP contribution in [0, 0.1) is 5.92 Å². The number of nitrogens with zero attached hydrogens (tertiary/aromatic N) is 2. The van der Waals surface area contributed by atoms with Gasteiger partial charge in [0.25, 0.3) is 5.78 Å². The molecule has 0 saturated carbocycles. The fraction of sp³-hybridized carbons (Fsp3) is 0.471. The van der Waals surface area contributed by atoms with E-state index in [9.17, 15) is 14.4 Å². The molecule has 7 heteroatoms. The molecule has 0 aliphatic carbocycles. The van der Waals surface area contributed by atoms with E-state index in [0.29, 0.717) is 31.1 Å². The van der Waals surface area contributed by atoms with Crippen LogP contribution in [-0.4, -0.2) is 48.9 Å². The molecule has 24 heavy (non-hydrogen) atoms. The number of carbonyl (C=O) groups excluding carboxylic acids is 3. The first-order chi connectivity index (χ1) is 11.5. The maximum Gasteiger partial charge on any atom is 0.310 e. The molecule has 0 aromatic heterocycles. The largest absolute Gasteiger partial charge is 0.466 e. The standard InChI is InChI=1S/C17H19BrN2O4/c1-2-24-17(23)11-5-4-8-19(9-11)10-20-14-12(15(21)16(20)22)6-3-7-13(14)18/h3,6-7,11H,2,4-5,8-10H2,1H3/t11-/m1/s1. The summed E-state index contributed by atoms with van der Waals surface area (Å²) in [5, 5.41) is 0. The summed E-state index contributed by atoms with van der Waals surface area (Å²) in [4.78, 5) is 40.0. The van der Waals surface area contributed by atoms with E-state index in [-0.39, 0.29) is 11.9 Å². The van der Waals surface area contributed by atoms with Crippen LogP contribution in [0.3, 0.4) is 0 Å². The van der Waals surface area contributed by atoms with Gasteiger partial charge in [-0.3, -0.25) is 24.2 Å². The van der Waals surface area contributed by atoms with E-state index in [4.69, 9.17) is 4.74 Å². The predicted octanol–water partition coefficient (Wildman–Crippen LogP) is 2.21. The number of ketones is 1. The number of likely N-dealkylation sites (tertiary alicyclic amines) is 1. The third-order valence-electron chi connectivity index (χ3n) is 4.41. The number of benzene rings is 1. The summed E-state index contributed by atoms with van der Waals surface area (Å²) in [6.45, 7) is 3.79. The first kappa shape index (κ1) is 17.1. The number of para-hydroxylation sites is 1. The second-order valence-corrected chi connectivity index (χ2v) is 6.86. The fourth-order valence-corrected chi connectivity index (χ4v) is 3.86. The van der Waals surface area contributed by atoms with Crippen LogP contribution in [-0.2, 0) is 14.3 Å². The number of halogens is 1. The zero-order chi connectivity index (χ0) is 17.3. The Hall–Kier alpha value is -1.73. The van der Waals surface area contributed by atoms with Crippen molar-refractivity contribution in [1.29, 1.82) is 0 Å². The van der Waals surface area contributed by atoms with Gasteiger partial charge in [0, 0.05) is 11.0 Å². The van der Waals surface area contributed by atoms with Crippen LogP contribution in [0.5, 0.6) is 0 Å². The van der Waals surface area contributed by atoms with Crippen molar-refractivity contribution in [2.75, 3.05) is 31.3 Å². The molecular weight excluding hydrogens is 376 g/mol. The van der Waals surface area contributed by atoms with Crippen molar-refractivity contribution in [2.24, 2.45) is 5.92 Å². The number of piperidine rings is 1. The summed E-state index contributed by atoms with van der Waals surface area (Å²) >= 11 is 3.42. The highest BCUT2D eigenvalue weighted by molar-refractivity contribution is 9.10. The van der Waals surface area contributed by atoms with Crippen LogP contribution < -0.4 is 4.90 Å². The molecular formula is C17H19BrN2O4. The highest BCUT2D eigenvalue weighted by Gasteiger charge is 2.39. The molecule has 2 aliphatic heterocycles. The number of Topliss-reactive ketones (excluding diaryl/α,β-unsaturated/α-hetero) is 1. The van der Waals surface area contributed by atoms with Gasteiger partial charge in [0.15, 0.2) is 0 Å². The van der Waals surface area contributed by atoms with E-state index >= 15 is 0 Å². The third kappa shape index (κ3) is 3.10. The molecule has 1 aromatic carbocycles. The molecule has 2 aliphatic rings. The first-order valence-corrected chi connectivity index (χ1v) is 8.86. The average Bonchev–Trinajstić information content (AvgIpc) is 2.82. The second kappa shape index (κ2) is 7.03. The first-order valence-electron chi connectivity index (χ1n) is 8.06. The Morgan fingerprint density at radius 2 is 2.17 bits per heavy atom. The summed E-state index contributed by atoms with van der Waals surface area (Å²) in [5.74, 6) is -1.36. The van der Waals surface area contributed by atoms with Crippen LogP contribution in [0.25, 0.3) is 0 Å². The molecule has 0 bridgehead atoms. The molecule has 3 rings (SSSR count). The zero-order valence-electron chi connectivity index (χ0n) is 13.5. The number of fused-ring (bicyclic) bond motifs is 1. The molecule has 1 fully saturated rings. The van der Waals surface area contributed by atoms with Crippen LogP contribution in [0.1, 0.15) is 30.1 Å². The van der Waals surface area contributed by atoms with Gasteiger partial charge in [0.1, 0.15) is 0 Å². The van der Waals surface area contributed by atoms with Gasteiger partial charge in [-0.1, -0.05) is 6.07 Å². The fourth-order valence-electron chi connectivity index (χ4n) is 3.28. The zero-order valence-corrected chi connectivity index (χ0v) is 15.0. The maximum absolute atomic E-state index is 12.3. The molecule has 0 N–H and O–H groups in total. The van der Waals surface area contributed by atoms with E-state index in [1.807, 2.05) is 11.0 Å². The molecule has 2 heterocycles. The van der Waals surface area contributed by atoms with Gasteiger partial charge in [-0.05, 0) is 54.4 Å². The van der Waals surface area contributed by atoms with Crippen molar-refractivity contribution in [3.05, 3.63) is 28.2 Å². The SMILES string of the molecule is CCOC(=O)[C@@H]1CCCN(CN2C(=O)C(=O)c3cccc(Br)c32)C1. The summed E-state index contributed by atoms with van der Waals surface area (Å²) < 4.78 is 5.83. The van der Waals surface area contributed by atoms with Gasteiger partial charge in [-0.25, -0.2) is 0 Å². The van der Waals surface area contributed by atoms with Crippen LogP contribution in [0.15, 0.2) is 22.7 Å². The molecule has 1 atom stereocenters. The lowest BCUT2D eigenvalue weighted by Gasteiger charge is -2.34.